The number of nitrogens with one attached hydrogen (secondary N) is 1. The number of aromatic nitrogens is 2. The molecule has 184 valence electrons. The molecule has 8 nitrogen and oxygen atoms in total. The van der Waals surface area contributed by atoms with Gasteiger partial charge < -0.3 is 15.8 Å². The van der Waals surface area contributed by atoms with E-state index in [9.17, 15) is 12.8 Å². The summed E-state index contributed by atoms with van der Waals surface area (Å²) >= 11 is 0. The lowest BCUT2D eigenvalue weighted by atomic mass is 9.92. The minimum atomic E-state index is -3.67. The highest BCUT2D eigenvalue weighted by Crippen LogP contribution is 2.39. The van der Waals surface area contributed by atoms with E-state index in [1.54, 1.807) is 31.5 Å². The number of hydrogen-bond acceptors (Lipinski definition) is 8. The van der Waals surface area contributed by atoms with Crippen LogP contribution in [-0.4, -0.2) is 41.3 Å². The quantitative estimate of drug-likeness (QED) is 0.527. The van der Waals surface area contributed by atoms with Crippen molar-refractivity contribution < 1.29 is 17.5 Å². The summed E-state index contributed by atoms with van der Waals surface area (Å²) in [6, 6.07) is 8.16. The van der Waals surface area contributed by atoms with E-state index in [0.29, 0.717) is 35.3 Å². The molecule has 3 heterocycles. The van der Waals surface area contributed by atoms with Gasteiger partial charge in [0.2, 0.25) is 0 Å². The lowest BCUT2D eigenvalue weighted by Crippen LogP contribution is -2.54. The van der Waals surface area contributed by atoms with E-state index in [-0.39, 0.29) is 17.2 Å². The Morgan fingerprint density at radius 2 is 1.94 bits per heavy atom. The fourth-order valence-electron chi connectivity index (χ4n) is 4.14. The number of amidine groups is 1. The molecule has 1 atom stereocenters. The molecule has 0 spiro atoms. The molecule has 1 aromatic carbocycles. The van der Waals surface area contributed by atoms with E-state index in [1.807, 2.05) is 12.1 Å². The van der Waals surface area contributed by atoms with Crippen molar-refractivity contribution in [2.75, 3.05) is 17.7 Å². The lowest BCUT2D eigenvalue weighted by molar-refractivity contribution is 0.299. The Morgan fingerprint density at radius 3 is 2.66 bits per heavy atom. The van der Waals surface area contributed by atoms with Crippen LogP contribution >= 0.6 is 0 Å². The van der Waals surface area contributed by atoms with Crippen molar-refractivity contribution in [3.8, 4) is 5.75 Å². The molecule has 10 heteroatoms. The minimum Gasteiger partial charge on any atom is -0.492 e. The van der Waals surface area contributed by atoms with Crippen LogP contribution in [0.3, 0.4) is 0 Å². The molecule has 2 aromatic heterocycles. The molecule has 1 fully saturated rings. The second kappa shape index (κ2) is 8.15. The van der Waals surface area contributed by atoms with E-state index < -0.39 is 25.9 Å². The molecule has 1 aliphatic carbocycles. The predicted octanol–water partition coefficient (Wildman–Crippen LogP) is 4.08. The van der Waals surface area contributed by atoms with Gasteiger partial charge in [0.05, 0.1) is 18.6 Å². The van der Waals surface area contributed by atoms with Crippen molar-refractivity contribution in [1.82, 2.24) is 9.97 Å². The van der Waals surface area contributed by atoms with Gasteiger partial charge in [-0.05, 0) is 69.9 Å². The first-order valence-electron chi connectivity index (χ1n) is 11.5. The predicted molar refractivity (Wildman–Crippen MR) is 134 cm³/mol. The summed E-state index contributed by atoms with van der Waals surface area (Å²) in [6.45, 7) is 5.30. The van der Waals surface area contributed by atoms with Gasteiger partial charge in [-0.25, -0.2) is 22.8 Å². The number of sulfone groups is 1. The van der Waals surface area contributed by atoms with Gasteiger partial charge in [-0.3, -0.25) is 4.99 Å². The lowest BCUT2D eigenvalue weighted by Gasteiger charge is -2.38. The van der Waals surface area contributed by atoms with Gasteiger partial charge in [-0.15, -0.1) is 0 Å². The summed E-state index contributed by atoms with van der Waals surface area (Å²) in [5.41, 5.74) is 5.96. The molecule has 2 aliphatic rings. The molecular weight excluding hydrogens is 469 g/mol. The largest absolute Gasteiger partial charge is 0.492 e. The topological polar surface area (TPSA) is 120 Å². The van der Waals surface area contributed by atoms with E-state index in [1.165, 1.54) is 32.8 Å². The SMILES string of the molecule is CC1(C)C(N)=N[C@](C)(c2cc(Nc3nccc4cc(OCC5CC5)cnc34)ccc2F)CS1(=O)=O. The van der Waals surface area contributed by atoms with Gasteiger partial charge >= 0.3 is 0 Å². The third-order valence-corrected chi connectivity index (χ3v) is 9.51. The van der Waals surface area contributed by atoms with Gasteiger partial charge in [0, 0.05) is 22.8 Å². The van der Waals surface area contributed by atoms with Crippen molar-refractivity contribution in [3.63, 3.8) is 0 Å². The highest BCUT2D eigenvalue weighted by molar-refractivity contribution is 7.93. The van der Waals surface area contributed by atoms with Crippen molar-refractivity contribution in [3.05, 3.63) is 54.1 Å². The Hall–Kier alpha value is -3.27. The second-order valence-electron chi connectivity index (χ2n) is 10.0. The van der Waals surface area contributed by atoms with Gasteiger partial charge in [-0.2, -0.15) is 0 Å². The number of halogens is 1. The fraction of sp³-hybridized carbons (Fsp3) is 0.400. The molecule has 35 heavy (non-hydrogen) atoms. The molecule has 5 rings (SSSR count). The number of nitrogens with zero attached hydrogens (tertiary/aromatic N) is 3. The molecular formula is C25H28FN5O3S. The third kappa shape index (κ3) is 4.31. The van der Waals surface area contributed by atoms with Gasteiger partial charge in [0.1, 0.15) is 33.2 Å². The number of fused-ring (bicyclic) bond motifs is 1. The number of hydrogen-bond donors (Lipinski definition) is 2. The first-order chi connectivity index (χ1) is 16.5. The minimum absolute atomic E-state index is 0.0383. The zero-order valence-electron chi connectivity index (χ0n) is 19.9. The van der Waals surface area contributed by atoms with Gasteiger partial charge in [-0.1, -0.05) is 0 Å². The zero-order chi connectivity index (χ0) is 25.0. The molecule has 3 aromatic rings. The summed E-state index contributed by atoms with van der Waals surface area (Å²) in [5.74, 6) is 0.871. The van der Waals surface area contributed by atoms with E-state index in [0.717, 1.165) is 5.39 Å². The first kappa shape index (κ1) is 23.5. The van der Waals surface area contributed by atoms with Gasteiger partial charge in [0.25, 0.3) is 0 Å². The molecule has 0 saturated heterocycles. The maximum atomic E-state index is 15.0. The standard InChI is InChI=1S/C25H28FN5O3S/c1-24(2)23(27)31-25(3,14-35(24,32)33)19-11-17(6-7-20(19)26)30-22-21-16(8-9-28-22)10-18(12-29-21)34-13-15-4-5-15/h6-12,15H,4-5,13-14H2,1-3H3,(H2,27,31)(H,28,30)/t25-/m0/s1. The monoisotopic (exact) mass is 497 g/mol. The van der Waals surface area contributed by atoms with Crippen LogP contribution in [0.2, 0.25) is 0 Å². The molecule has 0 unspecified atom stereocenters. The number of rotatable bonds is 6. The van der Waals surface area contributed by atoms with Crippen molar-refractivity contribution in [2.24, 2.45) is 16.6 Å². The van der Waals surface area contributed by atoms with Crippen molar-refractivity contribution in [2.45, 2.75) is 43.9 Å². The van der Waals surface area contributed by atoms with E-state index >= 15 is 0 Å². The van der Waals surface area contributed by atoms with Crippen molar-refractivity contribution in [1.29, 1.82) is 0 Å². The number of anilines is 2. The number of pyridine rings is 2. The average Bonchev–Trinajstić information content (AvgIpc) is 3.62. The van der Waals surface area contributed by atoms with Crippen LogP contribution in [0.15, 0.2) is 47.7 Å². The van der Waals surface area contributed by atoms with Crippen LogP contribution in [0.5, 0.6) is 5.75 Å². The fourth-order valence-corrected chi connectivity index (χ4v) is 5.83. The van der Waals surface area contributed by atoms with Crippen LogP contribution < -0.4 is 15.8 Å². The van der Waals surface area contributed by atoms with Crippen LogP contribution in [0.25, 0.3) is 10.9 Å². The normalized spacial score (nSPS) is 23.0. The highest BCUT2D eigenvalue weighted by atomic mass is 32.2. The van der Waals surface area contributed by atoms with Crippen molar-refractivity contribution >= 4 is 38.1 Å². The first-order valence-corrected chi connectivity index (χ1v) is 13.2. The molecule has 0 radical (unpaired) electrons. The second-order valence-corrected chi connectivity index (χ2v) is 12.6. The molecule has 1 aliphatic heterocycles. The summed E-state index contributed by atoms with van der Waals surface area (Å²) < 4.78 is 45.3. The summed E-state index contributed by atoms with van der Waals surface area (Å²) in [7, 11) is -3.67. The van der Waals surface area contributed by atoms with Crippen LogP contribution in [-0.2, 0) is 15.4 Å². The van der Waals surface area contributed by atoms with Crippen LogP contribution in [0.1, 0.15) is 39.2 Å². The Balaban J connectivity index is 1.47. The number of ether oxygens (including phenoxy) is 1. The molecule has 3 N–H and O–H groups in total. The third-order valence-electron chi connectivity index (χ3n) is 6.80. The van der Waals surface area contributed by atoms with Crippen LogP contribution in [0.4, 0.5) is 15.9 Å². The molecule has 0 bridgehead atoms. The zero-order valence-corrected chi connectivity index (χ0v) is 20.7. The number of aliphatic imine (C=N–C) groups is 1. The maximum absolute atomic E-state index is 15.0. The summed E-state index contributed by atoms with van der Waals surface area (Å²) in [4.78, 5) is 13.4. The smallest absolute Gasteiger partial charge is 0.165 e. The Labute approximate surface area is 203 Å². The highest BCUT2D eigenvalue weighted by Gasteiger charge is 2.49. The Morgan fingerprint density at radius 1 is 1.17 bits per heavy atom. The Kier molecular flexibility index (Phi) is 5.47. The van der Waals surface area contributed by atoms with E-state index in [4.69, 9.17) is 10.5 Å². The molecule has 0 amide bonds. The summed E-state index contributed by atoms with van der Waals surface area (Å²) in [6.07, 6.45) is 5.74. The van der Waals surface area contributed by atoms with E-state index in [2.05, 4.69) is 20.3 Å². The average molecular weight is 498 g/mol. The molecule has 1 saturated carbocycles. The maximum Gasteiger partial charge on any atom is 0.165 e. The Bertz CT molecular complexity index is 1450. The number of benzene rings is 1. The number of nitrogens with two attached hydrogens (primary N) is 1. The van der Waals surface area contributed by atoms with Crippen LogP contribution in [0, 0.1) is 11.7 Å². The van der Waals surface area contributed by atoms with Gasteiger partial charge in [0.15, 0.2) is 15.7 Å². The summed E-state index contributed by atoms with van der Waals surface area (Å²) in [5, 5.41) is 4.04.